The summed E-state index contributed by atoms with van der Waals surface area (Å²) >= 11 is 0. The van der Waals surface area contributed by atoms with Gasteiger partial charge in [0.1, 0.15) is 11.5 Å². The lowest BCUT2D eigenvalue weighted by Gasteiger charge is -2.17. The Balaban J connectivity index is 2.09. The van der Waals surface area contributed by atoms with Crippen molar-refractivity contribution in [1.82, 2.24) is 5.32 Å². The number of carbonyl (C=O) groups is 1. The molecule has 122 valence electrons. The number of carbonyl (C=O) groups excluding carboxylic acids is 1. The van der Waals surface area contributed by atoms with E-state index in [2.05, 4.69) is 5.32 Å². The highest BCUT2D eigenvalue weighted by Gasteiger charge is 2.17. The van der Waals surface area contributed by atoms with Gasteiger partial charge in [-0.1, -0.05) is 43.3 Å². The maximum Gasteiger partial charge on any atom is 0.224 e. The number of nitrogens with one attached hydrogen (secondary N) is 1. The van der Waals surface area contributed by atoms with Crippen LogP contribution in [0.3, 0.4) is 0 Å². The normalized spacial score (nSPS) is 13.2. The third-order valence-corrected chi connectivity index (χ3v) is 3.94. The van der Waals surface area contributed by atoms with Crippen LogP contribution in [0.25, 0.3) is 0 Å². The highest BCUT2D eigenvalue weighted by Crippen LogP contribution is 2.27. The highest BCUT2D eigenvalue weighted by molar-refractivity contribution is 5.79. The number of benzene rings is 2. The summed E-state index contributed by atoms with van der Waals surface area (Å²) in [6, 6.07) is 15.4. The van der Waals surface area contributed by atoms with E-state index in [0.29, 0.717) is 6.54 Å². The average Bonchev–Trinajstić information content (AvgIpc) is 2.55. The third kappa shape index (κ3) is 4.57. The Kier molecular flexibility index (Phi) is 5.77. The number of para-hydroxylation sites is 2. The maximum atomic E-state index is 12.0. The minimum absolute atomic E-state index is 0.0503. The molecule has 0 radical (unpaired) electrons. The lowest BCUT2D eigenvalue weighted by Crippen LogP contribution is -2.38. The van der Waals surface area contributed by atoms with Crippen molar-refractivity contribution in [2.24, 2.45) is 11.7 Å². The Morgan fingerprint density at radius 2 is 1.70 bits per heavy atom. The van der Waals surface area contributed by atoms with Crippen molar-refractivity contribution in [1.29, 1.82) is 0 Å². The number of hydrogen-bond acceptors (Lipinski definition) is 3. The van der Waals surface area contributed by atoms with Crippen molar-refractivity contribution in [3.63, 3.8) is 0 Å². The molecule has 0 aliphatic heterocycles. The zero-order valence-electron chi connectivity index (χ0n) is 13.9. The molecule has 0 aromatic heterocycles. The van der Waals surface area contributed by atoms with Gasteiger partial charge in [-0.05, 0) is 31.5 Å². The van der Waals surface area contributed by atoms with Crippen LogP contribution in [0.5, 0.6) is 11.5 Å². The van der Waals surface area contributed by atoms with Gasteiger partial charge >= 0.3 is 0 Å². The predicted molar refractivity (Wildman–Crippen MR) is 92.4 cm³/mol. The number of amides is 1. The van der Waals surface area contributed by atoms with Gasteiger partial charge in [0, 0.05) is 24.1 Å². The molecule has 0 spiro atoms. The summed E-state index contributed by atoms with van der Waals surface area (Å²) < 4.78 is 6.00. The number of hydrogen-bond donors (Lipinski definition) is 2. The van der Waals surface area contributed by atoms with Gasteiger partial charge < -0.3 is 15.8 Å². The van der Waals surface area contributed by atoms with Gasteiger partial charge in [0.2, 0.25) is 5.91 Å². The molecule has 2 unspecified atom stereocenters. The van der Waals surface area contributed by atoms with Crippen LogP contribution >= 0.6 is 0 Å². The van der Waals surface area contributed by atoms with E-state index >= 15 is 0 Å². The van der Waals surface area contributed by atoms with Crippen LogP contribution in [-0.4, -0.2) is 11.9 Å². The molecule has 23 heavy (non-hydrogen) atoms. The van der Waals surface area contributed by atoms with Crippen molar-refractivity contribution >= 4 is 5.91 Å². The fourth-order valence-electron chi connectivity index (χ4n) is 2.12. The first-order valence-corrected chi connectivity index (χ1v) is 7.83. The molecule has 2 atom stereocenters. The van der Waals surface area contributed by atoms with Crippen LogP contribution < -0.4 is 15.8 Å². The molecule has 0 saturated heterocycles. The fourth-order valence-corrected chi connectivity index (χ4v) is 2.12. The zero-order chi connectivity index (χ0) is 16.8. The van der Waals surface area contributed by atoms with E-state index in [1.54, 1.807) is 0 Å². The molecule has 2 rings (SSSR count). The van der Waals surface area contributed by atoms with Crippen molar-refractivity contribution in [2.75, 3.05) is 0 Å². The third-order valence-electron chi connectivity index (χ3n) is 3.94. The quantitative estimate of drug-likeness (QED) is 0.859. The van der Waals surface area contributed by atoms with Gasteiger partial charge in [0.25, 0.3) is 0 Å². The van der Waals surface area contributed by atoms with Crippen molar-refractivity contribution in [2.45, 2.75) is 33.4 Å². The van der Waals surface area contributed by atoms with E-state index in [1.807, 2.05) is 69.3 Å². The highest BCUT2D eigenvalue weighted by atomic mass is 16.5. The van der Waals surface area contributed by atoms with Gasteiger partial charge in [-0.25, -0.2) is 0 Å². The first-order valence-electron chi connectivity index (χ1n) is 7.83. The number of aryl methyl sites for hydroxylation is 1. The molecule has 4 nitrogen and oxygen atoms in total. The van der Waals surface area contributed by atoms with Gasteiger partial charge in [-0.2, -0.15) is 0 Å². The molecular weight excluding hydrogens is 288 g/mol. The van der Waals surface area contributed by atoms with Gasteiger partial charge in [0.15, 0.2) is 0 Å². The van der Waals surface area contributed by atoms with Crippen LogP contribution in [-0.2, 0) is 11.3 Å². The van der Waals surface area contributed by atoms with Crippen molar-refractivity contribution in [3.05, 3.63) is 59.7 Å². The standard InChI is InChI=1S/C19H24N2O2/c1-13-8-4-6-10-17(13)23-18-11-7-5-9-16(18)12-21-19(22)14(2)15(3)20/h4-11,14-15H,12,20H2,1-3H3,(H,21,22). The monoisotopic (exact) mass is 312 g/mol. The van der Waals surface area contributed by atoms with E-state index in [0.717, 1.165) is 22.6 Å². The predicted octanol–water partition coefficient (Wildman–Crippen LogP) is 3.39. The molecule has 0 aliphatic carbocycles. The van der Waals surface area contributed by atoms with Crippen LogP contribution in [0.4, 0.5) is 0 Å². The topological polar surface area (TPSA) is 64.3 Å². The summed E-state index contributed by atoms with van der Waals surface area (Å²) in [7, 11) is 0. The summed E-state index contributed by atoms with van der Waals surface area (Å²) in [5.74, 6) is 1.29. The largest absolute Gasteiger partial charge is 0.457 e. The second kappa shape index (κ2) is 7.79. The minimum Gasteiger partial charge on any atom is -0.457 e. The Morgan fingerprint density at radius 3 is 2.35 bits per heavy atom. The number of ether oxygens (including phenoxy) is 1. The molecule has 0 heterocycles. The minimum atomic E-state index is -0.223. The first-order chi connectivity index (χ1) is 11.0. The van der Waals surface area contributed by atoms with Crippen LogP contribution in [0.2, 0.25) is 0 Å². The van der Waals surface area contributed by atoms with E-state index in [4.69, 9.17) is 10.5 Å². The smallest absolute Gasteiger partial charge is 0.224 e. The van der Waals surface area contributed by atoms with E-state index in [-0.39, 0.29) is 17.9 Å². The lowest BCUT2D eigenvalue weighted by molar-refractivity contribution is -0.125. The Bertz CT molecular complexity index is 668. The van der Waals surface area contributed by atoms with E-state index < -0.39 is 0 Å². The number of nitrogens with two attached hydrogens (primary N) is 1. The molecule has 3 N–H and O–H groups in total. The molecule has 4 heteroatoms. The van der Waals surface area contributed by atoms with Crippen LogP contribution in [0.15, 0.2) is 48.5 Å². The molecule has 2 aromatic carbocycles. The first kappa shape index (κ1) is 17.0. The SMILES string of the molecule is Cc1ccccc1Oc1ccccc1CNC(=O)C(C)C(C)N. The molecule has 2 aromatic rings. The molecule has 0 saturated carbocycles. The van der Waals surface area contributed by atoms with Gasteiger partial charge in [0.05, 0.1) is 0 Å². The summed E-state index contributed by atoms with van der Waals surface area (Å²) in [6.07, 6.45) is 0. The van der Waals surface area contributed by atoms with E-state index in [1.165, 1.54) is 0 Å². The second-order valence-corrected chi connectivity index (χ2v) is 5.84. The summed E-state index contributed by atoms with van der Waals surface area (Å²) in [5.41, 5.74) is 7.77. The van der Waals surface area contributed by atoms with Crippen molar-refractivity contribution < 1.29 is 9.53 Å². The zero-order valence-corrected chi connectivity index (χ0v) is 13.9. The van der Waals surface area contributed by atoms with Gasteiger partial charge in [-0.3, -0.25) is 4.79 Å². The molecule has 1 amide bonds. The Hall–Kier alpha value is -2.33. The molecule has 0 bridgehead atoms. The van der Waals surface area contributed by atoms with Gasteiger partial charge in [-0.15, -0.1) is 0 Å². The maximum absolute atomic E-state index is 12.0. The second-order valence-electron chi connectivity index (χ2n) is 5.84. The van der Waals surface area contributed by atoms with Crippen LogP contribution in [0.1, 0.15) is 25.0 Å². The summed E-state index contributed by atoms with van der Waals surface area (Å²) in [6.45, 7) is 6.08. The molecule has 0 aliphatic rings. The molecular formula is C19H24N2O2. The fraction of sp³-hybridized carbons (Fsp3) is 0.316. The summed E-state index contributed by atoms with van der Waals surface area (Å²) in [5, 5.41) is 2.92. The van der Waals surface area contributed by atoms with Crippen molar-refractivity contribution in [3.8, 4) is 11.5 Å². The van der Waals surface area contributed by atoms with E-state index in [9.17, 15) is 4.79 Å². The Morgan fingerprint density at radius 1 is 1.09 bits per heavy atom. The van der Waals surface area contributed by atoms with Crippen LogP contribution in [0, 0.1) is 12.8 Å². The molecule has 0 fully saturated rings. The Labute approximate surface area is 137 Å². The lowest BCUT2D eigenvalue weighted by atomic mass is 10.0. The number of rotatable bonds is 6. The summed E-state index contributed by atoms with van der Waals surface area (Å²) in [4.78, 5) is 12.0. The average molecular weight is 312 g/mol.